The molecule has 20 N–H and O–H groups in total. The van der Waals surface area contributed by atoms with Crippen LogP contribution in [-0.2, 0) is 64.4 Å². The van der Waals surface area contributed by atoms with E-state index in [1.54, 1.807) is 0 Å². The molecule has 60 heteroatoms. The SMILES string of the molecule is CP(=O)(O)C(CC(=O)NCCCCCCCCCC(O)(P(=O)([O-])[O-])P(=O)([O-])O)P(=O)(O)O.CP(=O)(O)C(CNc1ccc(C(=O)NCCC(O)(P(=O)([O-])[O-])P(=O)([O-])O)cc1)P(=O)(O)O.O=C(CCCCCC(O)(P(=O)(O)O)P(=O)(O)O)NCCC(O)(P(=O)([O-])[O-])P(=O)([O-])[O-].[Ca+2].[Ca+2].[Ca+2]. The molecule has 0 fully saturated rings. The fourth-order valence-electron chi connectivity index (χ4n) is 7.40. The van der Waals surface area contributed by atoms with Crippen LogP contribution < -0.4 is 70.2 Å². The van der Waals surface area contributed by atoms with Gasteiger partial charge in [0.25, 0.3) is 11.0 Å². The molecular weight excluding hydrogens is 1650 g/mol. The van der Waals surface area contributed by atoms with Crippen molar-refractivity contribution in [1.82, 2.24) is 16.0 Å². The van der Waals surface area contributed by atoms with Gasteiger partial charge in [0.2, 0.25) is 26.6 Å². The van der Waals surface area contributed by atoms with Gasteiger partial charge < -0.3 is 177 Å². The first kappa shape index (κ1) is 109. The maximum atomic E-state index is 12.0. The second-order valence-corrected chi connectivity index (χ2v) is 45.7. The first-order chi connectivity index (χ1) is 41.5. The van der Waals surface area contributed by atoms with Crippen molar-refractivity contribution < 1.29 is 197 Å². The van der Waals surface area contributed by atoms with E-state index in [1.165, 1.54) is 24.3 Å². The first-order valence-corrected chi connectivity index (χ1v) is 46.3. The number of aliphatic hydroxyl groups is 4. The summed E-state index contributed by atoms with van der Waals surface area (Å²) in [6.45, 7) is -0.491. The van der Waals surface area contributed by atoms with Crippen LogP contribution in [0, 0.1) is 0 Å². The second-order valence-electron chi connectivity index (χ2n) is 20.6. The van der Waals surface area contributed by atoms with Crippen molar-refractivity contribution in [3.8, 4) is 0 Å². The molecule has 1 aromatic carbocycles. The number of unbranched alkanes of at least 4 members (excludes halogenated alkanes) is 8. The Hall–Kier alpha value is 2.93. The van der Waals surface area contributed by atoms with Crippen molar-refractivity contribution in [3.63, 3.8) is 0 Å². The van der Waals surface area contributed by atoms with Gasteiger partial charge in [0.1, 0.15) is 10.5 Å². The topological polar surface area (TPSA) is 858 Å². The van der Waals surface area contributed by atoms with Crippen molar-refractivity contribution in [2.45, 2.75) is 134 Å². The van der Waals surface area contributed by atoms with Crippen molar-refractivity contribution in [2.24, 2.45) is 0 Å². The molecule has 8 unspecified atom stereocenters. The second kappa shape index (κ2) is 43.4. The summed E-state index contributed by atoms with van der Waals surface area (Å²) in [6, 6.07) is 4.92. The molecule has 0 bridgehead atoms. The molecule has 1 aromatic rings. The van der Waals surface area contributed by atoms with E-state index in [4.69, 9.17) is 39.1 Å². The molecule has 0 aliphatic carbocycles. The molecule has 0 radical (unpaired) electrons. The van der Waals surface area contributed by atoms with Gasteiger partial charge in [-0.2, -0.15) is 0 Å². The van der Waals surface area contributed by atoms with E-state index in [1.807, 2.05) is 10.6 Å². The summed E-state index contributed by atoms with van der Waals surface area (Å²) in [5, 5.41) is 27.8. The maximum Gasteiger partial charge on any atom is 2.00 e. The molecule has 0 spiro atoms. The average Bonchev–Trinajstić information content (AvgIpc) is 0.799. The minimum atomic E-state index is -6.28. The molecule has 45 nitrogen and oxygen atoms in total. The van der Waals surface area contributed by atoms with Crippen LogP contribution in [-0.4, -0.2) is 281 Å². The molecule has 97 heavy (non-hydrogen) atoms. The summed E-state index contributed by atoms with van der Waals surface area (Å²) in [6.07, 6.45) is -3.06. The third-order valence-electron chi connectivity index (χ3n) is 12.9. The molecule has 0 aromatic heterocycles. The van der Waals surface area contributed by atoms with Gasteiger partial charge in [-0.3, -0.25) is 41.8 Å². The van der Waals surface area contributed by atoms with E-state index in [0.717, 1.165) is 13.3 Å². The van der Waals surface area contributed by atoms with Gasteiger partial charge in [0.05, 0.1) is 0 Å². The number of amides is 3. The smallest absolute Gasteiger partial charge is 0.808 e. The number of carbonyl (C=O) groups is 3. The van der Waals surface area contributed by atoms with Crippen LogP contribution in [0.4, 0.5) is 5.69 Å². The standard InChI is InChI=1S/C14H33NO13P4.C13H24N2O13P4.C10H25NO15P4.3Ca/c1-29(18,19)13(30(20,21)22)11-12(16)15-10-8-6-4-2-3-5-7-9-14(17,31(23,24)25)32(26,27)28;1-29(18,19)11(30(20,21)22)8-15-10-4-2-9(3-5-10)12(16)14-7-6-13(17,31(23,24)25)32(26,27)28;12-8(11-7-6-10(14,29(21,22)23)30(24,25)26)4-2-1-3-5-9(13,27(15,16)17)28(18,19)20;;;/h13,17H,2-11H2,1H3,(H,15,16)(H,18,19)(H2,20,21,22)(H2,23,24,25)(H2,26,27,28);2-5,11,15,17H,6-8H2,1H3,(H,14,16)(H,18,19)(H2,20,21,22)(H2,23,24,25)(H2,26,27,28);13-14H,1-7H2,(H,11,12)(H2,15,16,17)(H2,18,19,20)(H2,21,22,23)(H2,24,25,26);;;/q;;;3*+2/p-10. The molecule has 8 atom stereocenters. The van der Waals surface area contributed by atoms with Gasteiger partial charge in [-0.25, -0.2) is 0 Å². The number of hydrogen-bond acceptors (Lipinski definition) is 30. The summed E-state index contributed by atoms with van der Waals surface area (Å²) in [5.74, 6) is -2.50. The first-order valence-electron chi connectivity index (χ1n) is 26.1. The van der Waals surface area contributed by atoms with E-state index in [9.17, 15) is 158 Å². The number of rotatable bonds is 40. The van der Waals surface area contributed by atoms with E-state index < -0.39 is 191 Å². The van der Waals surface area contributed by atoms with Crippen molar-refractivity contribution in [1.29, 1.82) is 0 Å². The zero-order valence-electron chi connectivity index (χ0n) is 51.0. The molecule has 3 amide bonds. The zero-order valence-corrected chi connectivity index (χ0v) is 68.3. The van der Waals surface area contributed by atoms with Gasteiger partial charge in [-0.15, -0.1) is 0 Å². The Morgan fingerprint density at radius 1 is 0.402 bits per heavy atom. The Kier molecular flexibility index (Phi) is 48.5. The van der Waals surface area contributed by atoms with Crippen LogP contribution in [0.15, 0.2) is 24.3 Å². The fraction of sp³-hybridized carbons (Fsp3) is 0.757. The van der Waals surface area contributed by atoms with Gasteiger partial charge in [0.15, 0.2) is 30.8 Å². The van der Waals surface area contributed by atoms with Gasteiger partial charge in [-0.05, 0) is 93.2 Å². The van der Waals surface area contributed by atoms with Gasteiger partial charge >= 0.3 is 144 Å². The molecule has 556 valence electrons. The normalized spacial score (nSPS) is 17.2. The number of carbonyl (C=O) groups excluding carboxylic acids is 3. The largest absolute Gasteiger partial charge is 2.00 e. The number of benzene rings is 1. The Morgan fingerprint density at radius 2 is 0.722 bits per heavy atom. The molecule has 0 heterocycles. The van der Waals surface area contributed by atoms with Crippen LogP contribution in [0.2, 0.25) is 0 Å². The quantitative estimate of drug-likeness (QED) is 0.0165. The summed E-state index contributed by atoms with van der Waals surface area (Å²) in [4.78, 5) is 254. The molecule has 0 aliphatic heterocycles. The maximum absolute atomic E-state index is 12.0. The third kappa shape index (κ3) is 36.8. The minimum Gasteiger partial charge on any atom is -0.808 e. The molecule has 1 rings (SSSR count). The van der Waals surface area contributed by atoms with E-state index in [-0.39, 0.29) is 163 Å². The Bertz CT molecular complexity index is 3150. The zero-order chi connectivity index (χ0) is 74.8. The Morgan fingerprint density at radius 3 is 1.07 bits per heavy atom. The van der Waals surface area contributed by atoms with Crippen LogP contribution >= 0.6 is 90.7 Å². The number of nitrogens with one attached hydrogen (secondary N) is 4. The van der Waals surface area contributed by atoms with Crippen LogP contribution in [0.5, 0.6) is 0 Å². The monoisotopic (exact) mass is 1720 g/mol. The minimum absolute atomic E-state index is 0. The van der Waals surface area contributed by atoms with Crippen molar-refractivity contribution in [3.05, 3.63) is 29.8 Å². The van der Waals surface area contributed by atoms with Gasteiger partial charge in [-0.1, -0.05) is 38.5 Å². The summed E-state index contributed by atoms with van der Waals surface area (Å²) in [7, 11) is -65.9. The summed E-state index contributed by atoms with van der Waals surface area (Å²) >= 11 is 0. The molecule has 0 saturated heterocycles. The fourth-order valence-corrected chi connectivity index (χ4v) is 21.9. The molecular formula is C37H72Ca3N4O41P12-4. The molecule has 0 aliphatic rings. The third-order valence-corrected chi connectivity index (χ3v) is 36.8. The predicted octanol–water partition coefficient (Wildman–Crippen LogP) is -8.37. The molecule has 0 saturated carbocycles. The summed E-state index contributed by atoms with van der Waals surface area (Å²) in [5.41, 5.74) is 0.157. The van der Waals surface area contributed by atoms with E-state index >= 15 is 0 Å². The van der Waals surface area contributed by atoms with Crippen LogP contribution in [0.3, 0.4) is 0 Å². The van der Waals surface area contributed by atoms with Crippen LogP contribution in [0.25, 0.3) is 0 Å². The Balaban J connectivity index is -0.000000430. The van der Waals surface area contributed by atoms with Gasteiger partial charge in [0, 0.05) is 76.4 Å². The van der Waals surface area contributed by atoms with E-state index in [0.29, 0.717) is 38.5 Å². The number of anilines is 1. The number of hydrogen-bond donors (Lipinski definition) is 20. The predicted molar refractivity (Wildman–Crippen MR) is 322 cm³/mol. The summed E-state index contributed by atoms with van der Waals surface area (Å²) < 4.78 is 134. The Labute approximate surface area is 642 Å². The van der Waals surface area contributed by atoms with Crippen LogP contribution in [0.1, 0.15) is 113 Å². The van der Waals surface area contributed by atoms with E-state index in [2.05, 4.69) is 10.6 Å². The van der Waals surface area contributed by atoms with Crippen molar-refractivity contribution >= 4 is 227 Å². The van der Waals surface area contributed by atoms with Crippen molar-refractivity contribution in [2.75, 3.05) is 44.8 Å². The average molecular weight is 1720 g/mol.